The van der Waals surface area contributed by atoms with Gasteiger partial charge in [-0.25, -0.2) is 4.68 Å². The molecule has 1 fully saturated rings. The molecule has 0 spiro atoms. The monoisotopic (exact) mass is 434 g/mol. The van der Waals surface area contributed by atoms with Crippen molar-refractivity contribution in [2.45, 2.75) is 44.6 Å². The van der Waals surface area contributed by atoms with Crippen molar-refractivity contribution in [2.75, 3.05) is 12.3 Å². The minimum absolute atomic E-state index is 0.201. The Kier molecular flexibility index (Phi) is 6.49. The Morgan fingerprint density at radius 3 is 2.66 bits per heavy atom. The summed E-state index contributed by atoms with van der Waals surface area (Å²) < 4.78 is 6.90. The first-order valence-corrected chi connectivity index (χ1v) is 10.8. The van der Waals surface area contributed by atoms with Crippen molar-refractivity contribution in [1.29, 1.82) is 0 Å². The molecular formula is C24H26N4O4. The molecule has 1 unspecified atom stereocenters. The minimum Gasteiger partial charge on any atom is -0.494 e. The Morgan fingerprint density at radius 2 is 1.88 bits per heavy atom. The van der Waals surface area contributed by atoms with Crippen molar-refractivity contribution in [2.24, 2.45) is 0 Å². The maximum atomic E-state index is 12.8. The van der Waals surface area contributed by atoms with Crippen molar-refractivity contribution in [3.63, 3.8) is 0 Å². The van der Waals surface area contributed by atoms with E-state index < -0.39 is 11.9 Å². The summed E-state index contributed by atoms with van der Waals surface area (Å²) in [6.45, 7) is 0.658. The fourth-order valence-corrected chi connectivity index (χ4v) is 3.87. The summed E-state index contributed by atoms with van der Waals surface area (Å²) in [5.74, 6) is 0.0259. The Bertz CT molecular complexity index is 1190. The number of nitrogens with two attached hydrogens (primary N) is 1. The van der Waals surface area contributed by atoms with Crippen LogP contribution in [0.2, 0.25) is 0 Å². The van der Waals surface area contributed by atoms with Crippen molar-refractivity contribution in [3.8, 4) is 5.75 Å². The van der Waals surface area contributed by atoms with Crippen molar-refractivity contribution >= 4 is 28.3 Å². The van der Waals surface area contributed by atoms with Crippen LogP contribution in [0.3, 0.4) is 0 Å². The summed E-state index contributed by atoms with van der Waals surface area (Å²) >= 11 is 0. The predicted octanol–water partition coefficient (Wildman–Crippen LogP) is 2.75. The van der Waals surface area contributed by atoms with Crippen LogP contribution < -0.4 is 21.3 Å². The highest BCUT2D eigenvalue weighted by molar-refractivity contribution is 5.99. The van der Waals surface area contributed by atoms with E-state index in [0.29, 0.717) is 12.0 Å². The highest BCUT2D eigenvalue weighted by atomic mass is 16.5. The fourth-order valence-electron chi connectivity index (χ4n) is 3.87. The molecule has 3 aromatic rings. The Balaban J connectivity index is 1.31. The molecule has 0 aliphatic carbocycles. The summed E-state index contributed by atoms with van der Waals surface area (Å²) in [4.78, 5) is 36.3. The molecule has 1 atom stereocenters. The molecule has 1 aliphatic rings. The first-order valence-electron chi connectivity index (χ1n) is 10.8. The summed E-state index contributed by atoms with van der Waals surface area (Å²) in [5.41, 5.74) is 7.21. The number of imide groups is 1. The van der Waals surface area contributed by atoms with Crippen LogP contribution in [0.1, 0.15) is 43.7 Å². The number of carbonyl (C=O) groups is 2. The van der Waals surface area contributed by atoms with E-state index in [2.05, 4.69) is 10.4 Å². The number of carbonyl (C=O) groups excluding carboxylic acids is 2. The number of nitrogens with zero attached hydrogens (tertiary/aromatic N) is 2. The van der Waals surface area contributed by atoms with E-state index in [-0.39, 0.29) is 24.3 Å². The van der Waals surface area contributed by atoms with Crippen LogP contribution in [0.4, 0.5) is 5.69 Å². The van der Waals surface area contributed by atoms with E-state index in [0.717, 1.165) is 48.1 Å². The molecule has 166 valence electrons. The van der Waals surface area contributed by atoms with E-state index in [1.165, 1.54) is 4.68 Å². The molecule has 1 aliphatic heterocycles. The maximum absolute atomic E-state index is 12.8. The van der Waals surface area contributed by atoms with E-state index in [4.69, 9.17) is 10.5 Å². The molecule has 8 nitrogen and oxygen atoms in total. The molecule has 1 aromatic heterocycles. The Morgan fingerprint density at radius 1 is 1.06 bits per heavy atom. The van der Waals surface area contributed by atoms with Gasteiger partial charge in [-0.3, -0.25) is 19.7 Å². The second-order valence-electron chi connectivity index (χ2n) is 8.01. The van der Waals surface area contributed by atoms with Gasteiger partial charge in [0.1, 0.15) is 11.8 Å². The number of fused-ring (bicyclic) bond motifs is 1. The molecule has 2 amide bonds. The lowest BCUT2D eigenvalue weighted by molar-refractivity contribution is -0.136. The number of aryl methyl sites for hydroxylation is 1. The Hall–Kier alpha value is -3.68. The zero-order valence-corrected chi connectivity index (χ0v) is 17.8. The van der Waals surface area contributed by atoms with Crippen LogP contribution in [0, 0.1) is 0 Å². The lowest BCUT2D eigenvalue weighted by Gasteiger charge is -2.21. The molecule has 0 radical (unpaired) electrons. The number of unbranched alkanes of at least 4 members (excludes halogenated alkanes) is 2. The third-order valence-electron chi connectivity index (χ3n) is 5.64. The third-order valence-corrected chi connectivity index (χ3v) is 5.64. The number of ether oxygens (including phenoxy) is 1. The molecule has 0 saturated carbocycles. The van der Waals surface area contributed by atoms with Gasteiger partial charge >= 0.3 is 0 Å². The molecule has 4 rings (SSSR count). The second kappa shape index (κ2) is 9.64. The number of anilines is 1. The third kappa shape index (κ3) is 4.96. The number of hydrogen-bond acceptors (Lipinski definition) is 6. The molecular weight excluding hydrogens is 408 g/mol. The van der Waals surface area contributed by atoms with Crippen LogP contribution in [0.25, 0.3) is 10.8 Å². The van der Waals surface area contributed by atoms with Gasteiger partial charge in [-0.15, -0.1) is 0 Å². The highest BCUT2D eigenvalue weighted by Gasteiger charge is 2.29. The van der Waals surface area contributed by atoms with Crippen molar-refractivity contribution in [3.05, 3.63) is 64.6 Å². The van der Waals surface area contributed by atoms with Gasteiger partial charge in [0.25, 0.3) is 11.5 Å². The average molecular weight is 434 g/mol. The first kappa shape index (κ1) is 21.5. The molecule has 8 heteroatoms. The van der Waals surface area contributed by atoms with Crippen LogP contribution in [-0.4, -0.2) is 28.2 Å². The van der Waals surface area contributed by atoms with E-state index >= 15 is 0 Å². The lowest BCUT2D eigenvalue weighted by Crippen LogP contribution is -2.45. The summed E-state index contributed by atoms with van der Waals surface area (Å²) in [5, 5.41) is 7.75. The molecule has 32 heavy (non-hydrogen) atoms. The standard InChI is InChI=1S/C24H26N4O4/c25-18-6-8-19(9-7-18)32-13-3-1-2-4-16-5-10-20-17(14-16)15-26-28(24(20)31)21-11-12-22(29)27-23(21)30/h5-10,14-15,21H,1-4,11-13,25H2,(H,27,29,30). The summed E-state index contributed by atoms with van der Waals surface area (Å²) in [6, 6.07) is 12.3. The number of nitrogen functional groups attached to an aromatic ring is 1. The van der Waals surface area contributed by atoms with Crippen LogP contribution in [0.15, 0.2) is 53.5 Å². The maximum Gasteiger partial charge on any atom is 0.275 e. The van der Waals surface area contributed by atoms with E-state index in [1.807, 2.05) is 36.4 Å². The zero-order valence-electron chi connectivity index (χ0n) is 17.8. The fraction of sp³-hybridized carbons (Fsp3) is 0.333. The van der Waals surface area contributed by atoms with Gasteiger partial charge in [-0.1, -0.05) is 6.07 Å². The van der Waals surface area contributed by atoms with Gasteiger partial charge in [-0.2, -0.15) is 5.10 Å². The number of piperidine rings is 1. The zero-order chi connectivity index (χ0) is 22.5. The van der Waals surface area contributed by atoms with Crippen molar-refractivity contribution in [1.82, 2.24) is 15.1 Å². The second-order valence-corrected chi connectivity index (χ2v) is 8.01. The van der Waals surface area contributed by atoms with E-state index in [1.54, 1.807) is 12.3 Å². The molecule has 3 N–H and O–H groups in total. The number of hydrogen-bond donors (Lipinski definition) is 2. The molecule has 1 saturated heterocycles. The largest absolute Gasteiger partial charge is 0.494 e. The van der Waals surface area contributed by atoms with Crippen molar-refractivity contribution < 1.29 is 14.3 Å². The lowest BCUT2D eigenvalue weighted by atomic mass is 10.0. The normalized spacial score (nSPS) is 16.2. The number of benzene rings is 2. The van der Waals surface area contributed by atoms with E-state index in [9.17, 15) is 14.4 Å². The first-order chi connectivity index (χ1) is 15.5. The topological polar surface area (TPSA) is 116 Å². The van der Waals surface area contributed by atoms with Crippen LogP contribution in [0.5, 0.6) is 5.75 Å². The molecule has 0 bridgehead atoms. The predicted molar refractivity (Wildman–Crippen MR) is 121 cm³/mol. The number of aromatic nitrogens is 2. The van der Waals surface area contributed by atoms with Gasteiger partial charge in [0.15, 0.2) is 0 Å². The quantitative estimate of drug-likeness (QED) is 0.320. The van der Waals surface area contributed by atoms with Gasteiger partial charge in [-0.05, 0) is 74.1 Å². The van der Waals surface area contributed by atoms with Crippen LogP contribution >= 0.6 is 0 Å². The number of amides is 2. The number of rotatable bonds is 8. The summed E-state index contributed by atoms with van der Waals surface area (Å²) in [6.07, 6.45) is 5.99. The number of nitrogens with one attached hydrogen (secondary N) is 1. The van der Waals surface area contributed by atoms with Crippen LogP contribution in [-0.2, 0) is 16.0 Å². The van der Waals surface area contributed by atoms with Gasteiger partial charge in [0.2, 0.25) is 5.91 Å². The molecule has 2 heterocycles. The smallest absolute Gasteiger partial charge is 0.275 e. The SMILES string of the molecule is Nc1ccc(OCCCCCc2ccc3c(=O)n(C4CCC(=O)NC4=O)ncc3c2)cc1. The Labute approximate surface area is 185 Å². The minimum atomic E-state index is -0.750. The van der Waals surface area contributed by atoms with Gasteiger partial charge < -0.3 is 10.5 Å². The van der Waals surface area contributed by atoms with Gasteiger partial charge in [0.05, 0.1) is 18.2 Å². The molecule has 2 aromatic carbocycles. The summed E-state index contributed by atoms with van der Waals surface area (Å²) in [7, 11) is 0. The highest BCUT2D eigenvalue weighted by Crippen LogP contribution is 2.19. The average Bonchev–Trinajstić information content (AvgIpc) is 2.78. The van der Waals surface area contributed by atoms with Gasteiger partial charge in [0, 0.05) is 17.5 Å².